The molecule has 2 fully saturated rings. The van der Waals surface area contributed by atoms with Gasteiger partial charge in [0.1, 0.15) is 0 Å². The van der Waals surface area contributed by atoms with E-state index in [1.165, 1.54) is 28.4 Å². The van der Waals surface area contributed by atoms with E-state index in [9.17, 15) is 0 Å². The lowest BCUT2D eigenvalue weighted by atomic mass is 10.0. The smallest absolute Gasteiger partial charge is 0.0594 e. The maximum absolute atomic E-state index is 6.19. The molecule has 1 aliphatic heterocycles. The fourth-order valence-electron chi connectivity index (χ4n) is 2.75. The summed E-state index contributed by atoms with van der Waals surface area (Å²) in [4.78, 5) is 2.48. The van der Waals surface area contributed by atoms with Gasteiger partial charge in [0.25, 0.3) is 0 Å². The first-order valence-corrected chi connectivity index (χ1v) is 8.30. The first-order valence-electron chi connectivity index (χ1n) is 7.51. The van der Waals surface area contributed by atoms with E-state index in [0.717, 1.165) is 45.7 Å². The number of hydrogen-bond donors (Lipinski definition) is 1. The Balaban J connectivity index is 1.56. The molecule has 3 nitrogen and oxygen atoms in total. The second-order valence-corrected chi connectivity index (χ2v) is 7.02. The summed E-state index contributed by atoms with van der Waals surface area (Å²) >= 11 is 3.72. The molecule has 20 heavy (non-hydrogen) atoms. The summed E-state index contributed by atoms with van der Waals surface area (Å²) in [5.74, 6) is 0. The van der Waals surface area contributed by atoms with Crippen LogP contribution in [-0.2, 0) is 17.6 Å². The predicted molar refractivity (Wildman–Crippen MR) is 85.0 cm³/mol. The Kier molecular flexibility index (Phi) is 4.46. The van der Waals surface area contributed by atoms with E-state index in [1.807, 2.05) is 0 Å². The fourth-order valence-corrected chi connectivity index (χ4v) is 3.38. The fraction of sp³-hybridized carbons (Fsp3) is 0.625. The van der Waals surface area contributed by atoms with Crippen molar-refractivity contribution in [1.29, 1.82) is 0 Å². The average molecular weight is 339 g/mol. The van der Waals surface area contributed by atoms with Gasteiger partial charge in [-0.25, -0.2) is 0 Å². The highest BCUT2D eigenvalue weighted by Gasteiger charge is 2.37. The van der Waals surface area contributed by atoms with Crippen LogP contribution in [0.3, 0.4) is 0 Å². The molecule has 2 aliphatic rings. The lowest BCUT2D eigenvalue weighted by molar-refractivity contribution is 0.0384. The summed E-state index contributed by atoms with van der Waals surface area (Å²) in [6.45, 7) is 4.98. The van der Waals surface area contributed by atoms with Crippen molar-refractivity contribution < 1.29 is 4.74 Å². The van der Waals surface area contributed by atoms with Crippen LogP contribution in [0.15, 0.2) is 22.7 Å². The van der Waals surface area contributed by atoms with Gasteiger partial charge in [0, 0.05) is 29.6 Å². The van der Waals surface area contributed by atoms with Crippen molar-refractivity contribution in [3.8, 4) is 0 Å². The van der Waals surface area contributed by atoms with Crippen LogP contribution >= 0.6 is 15.9 Å². The Bertz CT molecular complexity index is 468. The molecule has 2 N–H and O–H groups in total. The van der Waals surface area contributed by atoms with Gasteiger partial charge in [0.15, 0.2) is 0 Å². The van der Waals surface area contributed by atoms with E-state index in [4.69, 9.17) is 10.5 Å². The van der Waals surface area contributed by atoms with E-state index in [-0.39, 0.29) is 5.54 Å². The van der Waals surface area contributed by atoms with Crippen molar-refractivity contribution in [2.75, 3.05) is 32.8 Å². The van der Waals surface area contributed by atoms with Crippen LogP contribution in [0.5, 0.6) is 0 Å². The lowest BCUT2D eigenvalue weighted by Crippen LogP contribution is -2.37. The van der Waals surface area contributed by atoms with Gasteiger partial charge < -0.3 is 10.5 Å². The van der Waals surface area contributed by atoms with Crippen molar-refractivity contribution in [1.82, 2.24) is 4.90 Å². The molecule has 1 aromatic carbocycles. The number of nitrogens with zero attached hydrogens (tertiary/aromatic N) is 1. The molecule has 1 aliphatic carbocycles. The number of nitrogens with two attached hydrogens (primary N) is 1. The number of ether oxygens (including phenoxy) is 1. The topological polar surface area (TPSA) is 38.5 Å². The molecule has 0 radical (unpaired) electrons. The summed E-state index contributed by atoms with van der Waals surface area (Å²) in [5, 5.41) is 0. The zero-order chi connectivity index (χ0) is 14.0. The quantitative estimate of drug-likeness (QED) is 0.895. The highest BCUT2D eigenvalue weighted by Crippen LogP contribution is 2.36. The molecular weight excluding hydrogens is 316 g/mol. The Morgan fingerprint density at radius 1 is 1.25 bits per heavy atom. The number of rotatable bonds is 5. The normalized spacial score (nSPS) is 21.9. The SMILES string of the molecule is NC1(Cc2ccc(CCN3CCOCC3)c(Br)c2)CC1. The molecule has 0 atom stereocenters. The zero-order valence-electron chi connectivity index (χ0n) is 11.9. The minimum Gasteiger partial charge on any atom is -0.379 e. The third-order valence-electron chi connectivity index (χ3n) is 4.37. The minimum atomic E-state index is 0.0920. The number of benzene rings is 1. The van der Waals surface area contributed by atoms with Gasteiger partial charge in [-0.2, -0.15) is 0 Å². The summed E-state index contributed by atoms with van der Waals surface area (Å²) in [5.41, 5.74) is 9.03. The number of hydrogen-bond acceptors (Lipinski definition) is 3. The first-order chi connectivity index (χ1) is 9.65. The Morgan fingerprint density at radius 2 is 2.00 bits per heavy atom. The molecule has 0 aromatic heterocycles. The summed E-state index contributed by atoms with van der Waals surface area (Å²) in [6.07, 6.45) is 4.44. The average Bonchev–Trinajstić information content (AvgIpc) is 3.16. The largest absolute Gasteiger partial charge is 0.379 e. The van der Waals surface area contributed by atoms with Gasteiger partial charge in [-0.15, -0.1) is 0 Å². The molecule has 1 saturated carbocycles. The standard InChI is InChI=1S/C16H23BrN2O/c17-15-11-13(12-16(18)4-5-16)1-2-14(15)3-6-19-7-9-20-10-8-19/h1-2,11H,3-10,12,18H2. The molecule has 1 saturated heterocycles. The molecule has 0 unspecified atom stereocenters. The molecule has 1 aromatic rings. The van der Waals surface area contributed by atoms with Crippen molar-refractivity contribution >= 4 is 15.9 Å². The van der Waals surface area contributed by atoms with Gasteiger partial charge in [-0.1, -0.05) is 28.1 Å². The van der Waals surface area contributed by atoms with E-state index < -0.39 is 0 Å². The molecule has 0 amide bonds. The Morgan fingerprint density at radius 3 is 2.65 bits per heavy atom. The van der Waals surface area contributed by atoms with Crippen LogP contribution in [0.25, 0.3) is 0 Å². The Hall–Kier alpha value is -0.420. The van der Waals surface area contributed by atoms with Crippen molar-refractivity contribution in [2.45, 2.75) is 31.2 Å². The van der Waals surface area contributed by atoms with Gasteiger partial charge in [-0.05, 0) is 42.9 Å². The van der Waals surface area contributed by atoms with Crippen molar-refractivity contribution in [3.63, 3.8) is 0 Å². The third-order valence-corrected chi connectivity index (χ3v) is 5.11. The molecule has 4 heteroatoms. The van der Waals surface area contributed by atoms with Crippen LogP contribution in [0.2, 0.25) is 0 Å². The van der Waals surface area contributed by atoms with E-state index in [0.29, 0.717) is 0 Å². The maximum Gasteiger partial charge on any atom is 0.0594 e. The number of halogens is 1. The molecule has 110 valence electrons. The minimum absolute atomic E-state index is 0.0920. The second-order valence-electron chi connectivity index (χ2n) is 6.17. The van der Waals surface area contributed by atoms with Gasteiger partial charge in [-0.3, -0.25) is 4.90 Å². The molecule has 0 spiro atoms. The summed E-state index contributed by atoms with van der Waals surface area (Å²) in [6, 6.07) is 6.75. The molecule has 1 heterocycles. The van der Waals surface area contributed by atoms with E-state index in [2.05, 4.69) is 39.0 Å². The van der Waals surface area contributed by atoms with Crippen LogP contribution < -0.4 is 5.73 Å². The highest BCUT2D eigenvalue weighted by atomic mass is 79.9. The van der Waals surface area contributed by atoms with E-state index >= 15 is 0 Å². The number of morpholine rings is 1. The lowest BCUT2D eigenvalue weighted by Gasteiger charge is -2.26. The van der Waals surface area contributed by atoms with Crippen LogP contribution in [0.1, 0.15) is 24.0 Å². The summed E-state index contributed by atoms with van der Waals surface area (Å²) in [7, 11) is 0. The summed E-state index contributed by atoms with van der Waals surface area (Å²) < 4.78 is 6.61. The third kappa shape index (κ3) is 3.82. The Labute approximate surface area is 129 Å². The molecule has 0 bridgehead atoms. The van der Waals surface area contributed by atoms with Crippen LogP contribution in [-0.4, -0.2) is 43.3 Å². The molecular formula is C16H23BrN2O. The van der Waals surface area contributed by atoms with E-state index in [1.54, 1.807) is 0 Å². The first kappa shape index (κ1) is 14.5. The van der Waals surface area contributed by atoms with Crippen molar-refractivity contribution in [3.05, 3.63) is 33.8 Å². The van der Waals surface area contributed by atoms with Gasteiger partial charge in [0.05, 0.1) is 13.2 Å². The highest BCUT2D eigenvalue weighted by molar-refractivity contribution is 9.10. The predicted octanol–water partition coefficient (Wildman–Crippen LogP) is 2.36. The second kappa shape index (κ2) is 6.14. The van der Waals surface area contributed by atoms with Crippen molar-refractivity contribution in [2.24, 2.45) is 5.73 Å². The maximum atomic E-state index is 6.19. The zero-order valence-corrected chi connectivity index (χ0v) is 13.5. The molecule has 3 rings (SSSR count). The van der Waals surface area contributed by atoms with Crippen LogP contribution in [0, 0.1) is 0 Å². The van der Waals surface area contributed by atoms with Gasteiger partial charge in [0.2, 0.25) is 0 Å². The van der Waals surface area contributed by atoms with Crippen LogP contribution in [0.4, 0.5) is 0 Å². The monoisotopic (exact) mass is 338 g/mol. The van der Waals surface area contributed by atoms with Gasteiger partial charge >= 0.3 is 0 Å².